The third-order valence-electron chi connectivity index (χ3n) is 5.23. The summed E-state index contributed by atoms with van der Waals surface area (Å²) >= 11 is 0. The van der Waals surface area contributed by atoms with E-state index in [4.69, 9.17) is 0 Å². The summed E-state index contributed by atoms with van der Waals surface area (Å²) in [5, 5.41) is 0. The van der Waals surface area contributed by atoms with Crippen molar-refractivity contribution in [1.29, 1.82) is 0 Å². The van der Waals surface area contributed by atoms with E-state index in [1.807, 2.05) is 12.4 Å². The maximum absolute atomic E-state index is 4.35. The van der Waals surface area contributed by atoms with E-state index in [9.17, 15) is 0 Å². The summed E-state index contributed by atoms with van der Waals surface area (Å²) in [5.41, 5.74) is 8.12. The molecule has 3 heteroatoms. The van der Waals surface area contributed by atoms with Gasteiger partial charge >= 0.3 is 0 Å². The molecule has 2 atom stereocenters. The van der Waals surface area contributed by atoms with Gasteiger partial charge in [0.15, 0.2) is 0 Å². The first-order valence-electron chi connectivity index (χ1n) is 7.85. The number of pyridine rings is 1. The summed E-state index contributed by atoms with van der Waals surface area (Å²) in [5.74, 6) is 0.737. The topological polar surface area (TPSA) is 19.4 Å². The van der Waals surface area contributed by atoms with E-state index in [0.29, 0.717) is 11.8 Å². The van der Waals surface area contributed by atoms with Crippen LogP contribution >= 0.6 is 0 Å². The molecule has 1 aromatic carbocycles. The quantitative estimate of drug-likeness (QED) is 0.728. The summed E-state index contributed by atoms with van der Waals surface area (Å²) in [7, 11) is 4.38. The number of allylic oxidation sites excluding steroid dienone is 2. The second-order valence-corrected chi connectivity index (χ2v) is 6.33. The predicted molar refractivity (Wildman–Crippen MR) is 91.3 cm³/mol. The Balaban J connectivity index is 1.96. The number of hydrogen-bond donors (Lipinski definition) is 0. The van der Waals surface area contributed by atoms with Crippen molar-refractivity contribution in [3.8, 4) is 0 Å². The standard InChI is InChI=1S/C19H21N3/c1-12-14-9-10-20-11-15(14)13(2)19-18(12)21(3)16-7-5-6-8-17(16)22(19)4/h5-13H,1-4H3. The Morgan fingerprint density at radius 1 is 0.818 bits per heavy atom. The molecule has 0 fully saturated rings. The third kappa shape index (κ3) is 1.59. The van der Waals surface area contributed by atoms with Gasteiger partial charge in [-0.25, -0.2) is 0 Å². The average molecular weight is 291 g/mol. The molecule has 4 rings (SSSR count). The summed E-state index contributed by atoms with van der Waals surface area (Å²) in [6.07, 6.45) is 3.95. The number of likely N-dealkylation sites (N-methyl/N-ethyl adjacent to an activating group) is 2. The zero-order valence-electron chi connectivity index (χ0n) is 13.5. The van der Waals surface area contributed by atoms with Crippen molar-refractivity contribution >= 4 is 11.4 Å². The summed E-state index contributed by atoms with van der Waals surface area (Å²) < 4.78 is 0. The lowest BCUT2D eigenvalue weighted by Crippen LogP contribution is -2.38. The van der Waals surface area contributed by atoms with Crippen molar-refractivity contribution in [1.82, 2.24) is 4.98 Å². The van der Waals surface area contributed by atoms with Crippen LogP contribution < -0.4 is 9.80 Å². The first-order valence-corrected chi connectivity index (χ1v) is 7.85. The molecular formula is C19H21N3. The molecule has 0 radical (unpaired) electrons. The van der Waals surface area contributed by atoms with E-state index in [1.54, 1.807) is 0 Å². The van der Waals surface area contributed by atoms with Crippen LogP contribution in [0.5, 0.6) is 0 Å². The highest BCUT2D eigenvalue weighted by atomic mass is 15.3. The van der Waals surface area contributed by atoms with Crippen molar-refractivity contribution < 1.29 is 0 Å². The van der Waals surface area contributed by atoms with Crippen molar-refractivity contribution in [3.63, 3.8) is 0 Å². The SMILES string of the molecule is CC1C2=C(C(C)c3cnccc31)N(C)c1ccccc1N2C. The van der Waals surface area contributed by atoms with Crippen molar-refractivity contribution in [2.75, 3.05) is 23.9 Å². The predicted octanol–water partition coefficient (Wildman–Crippen LogP) is 4.10. The monoisotopic (exact) mass is 291 g/mol. The first kappa shape index (κ1) is 13.4. The fourth-order valence-corrected chi connectivity index (χ4v) is 4.13. The summed E-state index contributed by atoms with van der Waals surface area (Å²) in [6, 6.07) is 10.8. The van der Waals surface area contributed by atoms with Crippen LogP contribution in [0.3, 0.4) is 0 Å². The van der Waals surface area contributed by atoms with Gasteiger partial charge in [-0.15, -0.1) is 0 Å². The van der Waals surface area contributed by atoms with Crippen LogP contribution in [-0.4, -0.2) is 19.1 Å². The molecule has 2 unspecified atom stereocenters. The van der Waals surface area contributed by atoms with Gasteiger partial charge in [0.1, 0.15) is 0 Å². The number of fused-ring (bicyclic) bond motifs is 2. The molecule has 2 aromatic rings. The second kappa shape index (κ2) is 4.60. The lowest BCUT2D eigenvalue weighted by Gasteiger charge is -2.46. The summed E-state index contributed by atoms with van der Waals surface area (Å²) in [4.78, 5) is 9.09. The molecule has 0 saturated carbocycles. The minimum atomic E-state index is 0.357. The Hall–Kier alpha value is -2.29. The van der Waals surface area contributed by atoms with E-state index >= 15 is 0 Å². The van der Waals surface area contributed by atoms with E-state index < -0.39 is 0 Å². The molecule has 0 N–H and O–H groups in total. The zero-order valence-corrected chi connectivity index (χ0v) is 13.5. The van der Waals surface area contributed by atoms with Gasteiger partial charge in [0, 0.05) is 49.7 Å². The molecule has 3 nitrogen and oxygen atoms in total. The molecule has 112 valence electrons. The highest BCUT2D eigenvalue weighted by Gasteiger charge is 2.38. The fourth-order valence-electron chi connectivity index (χ4n) is 4.13. The Morgan fingerprint density at radius 3 is 1.95 bits per heavy atom. The maximum Gasteiger partial charge on any atom is 0.0647 e. The van der Waals surface area contributed by atoms with Crippen LogP contribution in [0.15, 0.2) is 54.1 Å². The maximum atomic E-state index is 4.35. The number of hydrogen-bond acceptors (Lipinski definition) is 3. The minimum absolute atomic E-state index is 0.357. The average Bonchev–Trinajstić information content (AvgIpc) is 2.56. The number of aromatic nitrogens is 1. The van der Waals surface area contributed by atoms with Gasteiger partial charge in [-0.3, -0.25) is 4.98 Å². The summed E-state index contributed by atoms with van der Waals surface area (Å²) in [6.45, 7) is 4.60. The molecule has 1 aliphatic carbocycles. The van der Waals surface area contributed by atoms with Gasteiger partial charge in [0.2, 0.25) is 0 Å². The highest BCUT2D eigenvalue weighted by molar-refractivity contribution is 5.80. The Kier molecular flexibility index (Phi) is 2.80. The molecule has 0 spiro atoms. The van der Waals surface area contributed by atoms with Gasteiger partial charge in [-0.1, -0.05) is 26.0 Å². The number of nitrogens with zero attached hydrogens (tertiary/aromatic N) is 3. The van der Waals surface area contributed by atoms with Crippen LogP contribution in [0, 0.1) is 0 Å². The Morgan fingerprint density at radius 2 is 1.36 bits per heavy atom. The van der Waals surface area contributed by atoms with Crippen LogP contribution in [0.4, 0.5) is 11.4 Å². The number of anilines is 2. The van der Waals surface area contributed by atoms with Gasteiger partial charge in [0.25, 0.3) is 0 Å². The van der Waals surface area contributed by atoms with E-state index in [0.717, 1.165) is 0 Å². The number of rotatable bonds is 0. The normalized spacial score (nSPS) is 23.1. The highest BCUT2D eigenvalue weighted by Crippen LogP contribution is 2.50. The van der Waals surface area contributed by atoms with Crippen LogP contribution in [0.1, 0.15) is 36.8 Å². The zero-order chi connectivity index (χ0) is 15.4. The Labute approximate surface area is 131 Å². The molecule has 0 saturated heterocycles. The van der Waals surface area contributed by atoms with Gasteiger partial charge in [0.05, 0.1) is 11.4 Å². The van der Waals surface area contributed by atoms with E-state index in [1.165, 1.54) is 33.9 Å². The molecule has 22 heavy (non-hydrogen) atoms. The van der Waals surface area contributed by atoms with Crippen molar-refractivity contribution in [3.05, 3.63) is 65.2 Å². The van der Waals surface area contributed by atoms with Gasteiger partial charge in [-0.05, 0) is 29.3 Å². The number of para-hydroxylation sites is 2. The lowest BCUT2D eigenvalue weighted by molar-refractivity contribution is 0.680. The van der Waals surface area contributed by atoms with Crippen molar-refractivity contribution in [2.45, 2.75) is 25.7 Å². The smallest absolute Gasteiger partial charge is 0.0647 e. The third-order valence-corrected chi connectivity index (χ3v) is 5.23. The van der Waals surface area contributed by atoms with Gasteiger partial charge < -0.3 is 9.80 Å². The largest absolute Gasteiger partial charge is 0.344 e. The van der Waals surface area contributed by atoms with Crippen molar-refractivity contribution in [2.24, 2.45) is 0 Å². The van der Waals surface area contributed by atoms with Crippen LogP contribution in [-0.2, 0) is 0 Å². The molecule has 2 heterocycles. The van der Waals surface area contributed by atoms with E-state index in [2.05, 4.69) is 73.1 Å². The van der Waals surface area contributed by atoms with Gasteiger partial charge in [-0.2, -0.15) is 0 Å². The number of benzene rings is 1. The molecule has 2 aliphatic rings. The lowest BCUT2D eigenvalue weighted by atomic mass is 9.78. The molecular weight excluding hydrogens is 270 g/mol. The van der Waals surface area contributed by atoms with E-state index in [-0.39, 0.29) is 0 Å². The molecule has 0 amide bonds. The van der Waals surface area contributed by atoms with Crippen LogP contribution in [0.25, 0.3) is 0 Å². The molecule has 1 aromatic heterocycles. The minimum Gasteiger partial charge on any atom is -0.344 e. The molecule has 0 bridgehead atoms. The van der Waals surface area contributed by atoms with Crippen LogP contribution in [0.2, 0.25) is 0 Å². The first-order chi connectivity index (χ1) is 10.6. The second-order valence-electron chi connectivity index (χ2n) is 6.33. The molecule has 1 aliphatic heterocycles. The fraction of sp³-hybridized carbons (Fsp3) is 0.316. The Bertz CT molecular complexity index is 650.